The zero-order valence-corrected chi connectivity index (χ0v) is 10.5. The van der Waals surface area contributed by atoms with Crippen molar-refractivity contribution in [2.75, 3.05) is 12.8 Å². The fourth-order valence-corrected chi connectivity index (χ4v) is 2.65. The minimum atomic E-state index is -0.442. The van der Waals surface area contributed by atoms with E-state index in [2.05, 4.69) is 14.1 Å². The third kappa shape index (κ3) is 2.75. The Labute approximate surface area is 106 Å². The van der Waals surface area contributed by atoms with Crippen molar-refractivity contribution < 1.29 is 9.53 Å². The van der Waals surface area contributed by atoms with Crippen molar-refractivity contribution in [2.45, 2.75) is 9.24 Å². The van der Waals surface area contributed by atoms with Gasteiger partial charge in [0.15, 0.2) is 4.34 Å². The van der Waals surface area contributed by atoms with Crippen LogP contribution in [-0.2, 0) is 4.74 Å². The molecular formula is C10H9N3O2S2. The number of hydrogen-bond donors (Lipinski definition) is 1. The van der Waals surface area contributed by atoms with Crippen molar-refractivity contribution >= 4 is 35.0 Å². The van der Waals surface area contributed by atoms with Gasteiger partial charge in [-0.05, 0) is 29.7 Å². The average molecular weight is 267 g/mol. The highest BCUT2D eigenvalue weighted by Crippen LogP contribution is 2.30. The van der Waals surface area contributed by atoms with Crippen molar-refractivity contribution in [2.24, 2.45) is 0 Å². The summed E-state index contributed by atoms with van der Waals surface area (Å²) in [6.07, 6.45) is 1.49. The number of rotatable bonds is 3. The highest BCUT2D eigenvalue weighted by Gasteiger charge is 2.11. The third-order valence-corrected chi connectivity index (χ3v) is 3.68. The minimum absolute atomic E-state index is 0.363. The fraction of sp³-hybridized carbons (Fsp3) is 0.100. The molecule has 7 heteroatoms. The standard InChI is InChI=1S/C10H9N3O2S2/c1-15-9(14)7-4-6(2-3-8(7)11)16-10-12-5-13-17-10/h2-5H,11H2,1H3. The summed E-state index contributed by atoms with van der Waals surface area (Å²) in [5, 5.41) is 0. The number of nitrogen functional groups attached to an aromatic ring is 1. The molecule has 1 heterocycles. The number of ether oxygens (including phenoxy) is 1. The second-order valence-corrected chi connectivity index (χ2v) is 5.15. The SMILES string of the molecule is COC(=O)c1cc(Sc2ncns2)ccc1N. The molecule has 0 amide bonds. The molecule has 88 valence electrons. The van der Waals surface area contributed by atoms with Gasteiger partial charge < -0.3 is 10.5 Å². The first-order chi connectivity index (χ1) is 8.20. The molecule has 2 aromatic rings. The Morgan fingerprint density at radius 1 is 1.53 bits per heavy atom. The molecule has 0 bridgehead atoms. The van der Waals surface area contributed by atoms with E-state index in [0.29, 0.717) is 11.3 Å². The summed E-state index contributed by atoms with van der Waals surface area (Å²) in [5.41, 5.74) is 6.47. The molecular weight excluding hydrogens is 258 g/mol. The van der Waals surface area contributed by atoms with Crippen LogP contribution < -0.4 is 5.73 Å². The molecule has 2 rings (SSSR count). The number of nitrogens with zero attached hydrogens (tertiary/aromatic N) is 2. The number of aromatic nitrogens is 2. The Balaban J connectivity index is 2.28. The lowest BCUT2D eigenvalue weighted by Gasteiger charge is -2.05. The van der Waals surface area contributed by atoms with E-state index in [1.54, 1.807) is 12.1 Å². The fourth-order valence-electron chi connectivity index (χ4n) is 1.19. The summed E-state index contributed by atoms with van der Waals surface area (Å²) < 4.78 is 9.37. The third-order valence-electron chi connectivity index (χ3n) is 1.98. The van der Waals surface area contributed by atoms with Gasteiger partial charge in [0.1, 0.15) is 6.33 Å². The van der Waals surface area contributed by atoms with Gasteiger partial charge in [-0.3, -0.25) is 0 Å². The van der Waals surface area contributed by atoms with Crippen LogP contribution in [-0.4, -0.2) is 22.4 Å². The first-order valence-corrected chi connectivity index (χ1v) is 6.22. The lowest BCUT2D eigenvalue weighted by atomic mass is 10.2. The average Bonchev–Trinajstić information content (AvgIpc) is 2.83. The van der Waals surface area contributed by atoms with Gasteiger partial charge in [0.25, 0.3) is 0 Å². The van der Waals surface area contributed by atoms with E-state index in [1.807, 2.05) is 6.07 Å². The topological polar surface area (TPSA) is 78.1 Å². The zero-order chi connectivity index (χ0) is 12.3. The zero-order valence-electron chi connectivity index (χ0n) is 8.91. The summed E-state index contributed by atoms with van der Waals surface area (Å²) in [6, 6.07) is 5.19. The predicted molar refractivity (Wildman–Crippen MR) is 66.2 cm³/mol. The molecule has 0 fully saturated rings. The van der Waals surface area contributed by atoms with E-state index in [-0.39, 0.29) is 0 Å². The van der Waals surface area contributed by atoms with Gasteiger partial charge in [-0.15, -0.1) is 0 Å². The van der Waals surface area contributed by atoms with Gasteiger partial charge >= 0.3 is 5.97 Å². The van der Waals surface area contributed by atoms with Gasteiger partial charge in [-0.1, -0.05) is 11.8 Å². The van der Waals surface area contributed by atoms with Gasteiger partial charge in [0.2, 0.25) is 0 Å². The lowest BCUT2D eigenvalue weighted by Crippen LogP contribution is -2.05. The van der Waals surface area contributed by atoms with E-state index < -0.39 is 5.97 Å². The van der Waals surface area contributed by atoms with Crippen LogP contribution in [0.25, 0.3) is 0 Å². The first kappa shape index (κ1) is 11.9. The summed E-state index contributed by atoms with van der Waals surface area (Å²) in [6.45, 7) is 0. The first-order valence-electron chi connectivity index (χ1n) is 4.63. The number of nitrogens with two attached hydrogens (primary N) is 1. The monoisotopic (exact) mass is 267 g/mol. The van der Waals surface area contributed by atoms with Crippen LogP contribution in [0.1, 0.15) is 10.4 Å². The van der Waals surface area contributed by atoms with E-state index in [9.17, 15) is 4.79 Å². The van der Waals surface area contributed by atoms with Gasteiger partial charge in [-0.2, -0.15) is 4.37 Å². The molecule has 0 saturated heterocycles. The maximum Gasteiger partial charge on any atom is 0.339 e. The number of anilines is 1. The molecule has 0 aliphatic rings. The number of hydrogen-bond acceptors (Lipinski definition) is 7. The van der Waals surface area contributed by atoms with Gasteiger partial charge in [-0.25, -0.2) is 9.78 Å². The Kier molecular flexibility index (Phi) is 3.60. The Morgan fingerprint density at radius 3 is 3.00 bits per heavy atom. The molecule has 5 nitrogen and oxygen atoms in total. The number of carbonyl (C=O) groups is 1. The van der Waals surface area contributed by atoms with Crippen molar-refractivity contribution in [3.8, 4) is 0 Å². The van der Waals surface area contributed by atoms with E-state index >= 15 is 0 Å². The number of benzene rings is 1. The minimum Gasteiger partial charge on any atom is -0.465 e. The number of esters is 1. The molecule has 0 aliphatic heterocycles. The highest BCUT2D eigenvalue weighted by atomic mass is 32.2. The Hall–Kier alpha value is -1.60. The van der Waals surface area contributed by atoms with Gasteiger partial charge in [0, 0.05) is 10.6 Å². The molecule has 2 N–H and O–H groups in total. The predicted octanol–water partition coefficient (Wildman–Crippen LogP) is 2.06. The molecule has 0 radical (unpaired) electrons. The van der Waals surface area contributed by atoms with Crippen LogP contribution in [0.5, 0.6) is 0 Å². The largest absolute Gasteiger partial charge is 0.465 e. The number of carbonyl (C=O) groups excluding carboxylic acids is 1. The van der Waals surface area contributed by atoms with E-state index in [1.165, 1.54) is 36.7 Å². The summed E-state index contributed by atoms with van der Waals surface area (Å²) in [5.74, 6) is -0.442. The van der Waals surface area contributed by atoms with Crippen molar-refractivity contribution in [3.63, 3.8) is 0 Å². The van der Waals surface area contributed by atoms with Crippen LogP contribution in [0.3, 0.4) is 0 Å². The van der Waals surface area contributed by atoms with Crippen LogP contribution >= 0.6 is 23.3 Å². The highest BCUT2D eigenvalue weighted by molar-refractivity contribution is 8.01. The van der Waals surface area contributed by atoms with Crippen LogP contribution in [0, 0.1) is 0 Å². The molecule has 1 aromatic carbocycles. The molecule has 0 aliphatic carbocycles. The second-order valence-electron chi connectivity index (χ2n) is 3.05. The molecule has 17 heavy (non-hydrogen) atoms. The van der Waals surface area contributed by atoms with E-state index in [0.717, 1.165) is 9.24 Å². The summed E-state index contributed by atoms with van der Waals surface area (Å²) in [7, 11) is 1.33. The molecule has 0 saturated carbocycles. The lowest BCUT2D eigenvalue weighted by molar-refractivity contribution is 0.0601. The molecule has 0 unspecified atom stereocenters. The summed E-state index contributed by atoms with van der Waals surface area (Å²) in [4.78, 5) is 16.4. The normalized spacial score (nSPS) is 10.2. The summed E-state index contributed by atoms with van der Waals surface area (Å²) >= 11 is 2.72. The van der Waals surface area contributed by atoms with Gasteiger partial charge in [0.05, 0.1) is 12.7 Å². The van der Waals surface area contributed by atoms with Crippen molar-refractivity contribution in [1.82, 2.24) is 9.36 Å². The van der Waals surface area contributed by atoms with Crippen LogP contribution in [0.15, 0.2) is 33.8 Å². The maximum absolute atomic E-state index is 11.5. The second kappa shape index (κ2) is 5.15. The van der Waals surface area contributed by atoms with E-state index in [4.69, 9.17) is 5.73 Å². The Bertz CT molecular complexity index is 528. The van der Waals surface area contributed by atoms with Crippen molar-refractivity contribution in [1.29, 1.82) is 0 Å². The van der Waals surface area contributed by atoms with Crippen LogP contribution in [0.4, 0.5) is 5.69 Å². The molecule has 0 spiro atoms. The quantitative estimate of drug-likeness (QED) is 0.677. The smallest absolute Gasteiger partial charge is 0.339 e. The molecule has 0 atom stereocenters. The van der Waals surface area contributed by atoms with Crippen molar-refractivity contribution in [3.05, 3.63) is 30.1 Å². The maximum atomic E-state index is 11.5. The molecule has 1 aromatic heterocycles. The van der Waals surface area contributed by atoms with Crippen LogP contribution in [0.2, 0.25) is 0 Å². The number of methoxy groups -OCH3 is 1. The Morgan fingerprint density at radius 2 is 2.35 bits per heavy atom.